The van der Waals surface area contributed by atoms with Crippen LogP contribution in [0, 0.1) is 5.92 Å². The van der Waals surface area contributed by atoms with E-state index >= 15 is 0 Å². The first-order chi connectivity index (χ1) is 6.63. The molecule has 0 saturated heterocycles. The van der Waals surface area contributed by atoms with Crippen LogP contribution in [0.15, 0.2) is 4.99 Å². The molecule has 0 rings (SSSR count). The molecule has 0 saturated carbocycles. The van der Waals surface area contributed by atoms with Gasteiger partial charge in [-0.25, -0.2) is 0 Å². The van der Waals surface area contributed by atoms with Gasteiger partial charge in [-0.3, -0.25) is 9.79 Å². The molecule has 1 unspecified atom stereocenters. The zero-order valence-corrected chi connectivity index (χ0v) is 9.42. The van der Waals surface area contributed by atoms with Crippen LogP contribution in [0.5, 0.6) is 0 Å². The van der Waals surface area contributed by atoms with Gasteiger partial charge in [0.05, 0.1) is 5.92 Å². The molecule has 0 aromatic rings. The second-order valence-corrected chi connectivity index (χ2v) is 3.53. The van der Waals surface area contributed by atoms with Crippen LogP contribution in [0.4, 0.5) is 0 Å². The highest BCUT2D eigenvalue weighted by Crippen LogP contribution is 2.06. The van der Waals surface area contributed by atoms with Crippen LogP contribution in [0.3, 0.4) is 0 Å². The summed E-state index contributed by atoms with van der Waals surface area (Å²) in [6, 6.07) is 0. The van der Waals surface area contributed by atoms with Crippen molar-refractivity contribution < 1.29 is 9.90 Å². The van der Waals surface area contributed by atoms with Crippen LogP contribution in [-0.2, 0) is 4.79 Å². The van der Waals surface area contributed by atoms with Crippen LogP contribution in [0.2, 0.25) is 0 Å². The molecular formula is C11H21NO2. The molecular weight excluding hydrogens is 178 g/mol. The monoisotopic (exact) mass is 199 g/mol. The Hall–Kier alpha value is -0.860. The van der Waals surface area contributed by atoms with E-state index in [4.69, 9.17) is 5.11 Å². The van der Waals surface area contributed by atoms with E-state index < -0.39 is 11.9 Å². The average molecular weight is 199 g/mol. The molecule has 1 N–H and O–H groups in total. The standard InChI is InChI=1S/C11H21NO2/c1-4-6-7-8-12-9(3)10(5-2)11(13)14/h10H,4-8H2,1-3H3,(H,13,14)/b12-9-. The third-order valence-corrected chi connectivity index (χ3v) is 2.33. The molecule has 3 nitrogen and oxygen atoms in total. The summed E-state index contributed by atoms with van der Waals surface area (Å²) in [7, 11) is 0. The van der Waals surface area contributed by atoms with Gasteiger partial charge in [-0.15, -0.1) is 0 Å². The maximum atomic E-state index is 10.8. The van der Waals surface area contributed by atoms with Gasteiger partial charge in [0.25, 0.3) is 0 Å². The minimum atomic E-state index is -0.760. The Balaban J connectivity index is 4.00. The Bertz CT molecular complexity index is 199. The van der Waals surface area contributed by atoms with Gasteiger partial charge in [0.15, 0.2) is 0 Å². The second kappa shape index (κ2) is 7.54. The highest BCUT2D eigenvalue weighted by atomic mass is 16.4. The molecule has 0 amide bonds. The van der Waals surface area contributed by atoms with Crippen LogP contribution >= 0.6 is 0 Å². The Morgan fingerprint density at radius 2 is 2.00 bits per heavy atom. The van der Waals surface area contributed by atoms with Gasteiger partial charge in [0.1, 0.15) is 0 Å². The minimum absolute atomic E-state index is 0.392. The number of carboxylic acids is 1. The van der Waals surface area contributed by atoms with E-state index in [2.05, 4.69) is 11.9 Å². The van der Waals surface area contributed by atoms with E-state index in [-0.39, 0.29) is 0 Å². The van der Waals surface area contributed by atoms with Crippen LogP contribution in [0.25, 0.3) is 0 Å². The number of hydrogen-bond acceptors (Lipinski definition) is 2. The average Bonchev–Trinajstić information content (AvgIpc) is 2.13. The van der Waals surface area contributed by atoms with Gasteiger partial charge < -0.3 is 5.11 Å². The third-order valence-electron chi connectivity index (χ3n) is 2.33. The van der Waals surface area contributed by atoms with Crippen molar-refractivity contribution in [2.24, 2.45) is 10.9 Å². The van der Waals surface area contributed by atoms with Gasteiger partial charge in [-0.05, 0) is 19.8 Å². The summed E-state index contributed by atoms with van der Waals surface area (Å²) < 4.78 is 0. The lowest BCUT2D eigenvalue weighted by molar-refractivity contribution is -0.139. The Labute approximate surface area is 86.2 Å². The van der Waals surface area contributed by atoms with Crippen molar-refractivity contribution in [2.75, 3.05) is 6.54 Å². The summed E-state index contributed by atoms with van der Waals surface area (Å²) in [5.41, 5.74) is 0.760. The SMILES string of the molecule is CCCCC/N=C(/C)C(CC)C(=O)O. The topological polar surface area (TPSA) is 49.7 Å². The predicted molar refractivity (Wildman–Crippen MR) is 58.9 cm³/mol. The highest BCUT2D eigenvalue weighted by Gasteiger charge is 2.17. The highest BCUT2D eigenvalue weighted by molar-refractivity contribution is 6.00. The van der Waals surface area contributed by atoms with Gasteiger partial charge >= 0.3 is 5.97 Å². The van der Waals surface area contributed by atoms with Crippen molar-refractivity contribution in [3.63, 3.8) is 0 Å². The lowest BCUT2D eigenvalue weighted by Crippen LogP contribution is -2.21. The molecule has 0 aliphatic rings. The zero-order valence-electron chi connectivity index (χ0n) is 9.42. The van der Waals surface area contributed by atoms with E-state index in [1.54, 1.807) is 0 Å². The maximum Gasteiger partial charge on any atom is 0.312 e. The van der Waals surface area contributed by atoms with E-state index in [9.17, 15) is 4.79 Å². The molecule has 0 fully saturated rings. The predicted octanol–water partition coefficient (Wildman–Crippen LogP) is 2.75. The fourth-order valence-corrected chi connectivity index (χ4v) is 1.38. The van der Waals surface area contributed by atoms with Crippen molar-refractivity contribution in [3.05, 3.63) is 0 Å². The van der Waals surface area contributed by atoms with E-state index in [1.165, 1.54) is 12.8 Å². The Morgan fingerprint density at radius 3 is 2.43 bits per heavy atom. The normalized spacial score (nSPS) is 14.1. The zero-order chi connectivity index (χ0) is 11.0. The number of carbonyl (C=O) groups is 1. The fraction of sp³-hybridized carbons (Fsp3) is 0.818. The molecule has 0 aliphatic heterocycles. The number of hydrogen-bond donors (Lipinski definition) is 1. The quantitative estimate of drug-likeness (QED) is 0.506. The molecule has 1 atom stereocenters. The van der Waals surface area contributed by atoms with Crippen LogP contribution in [-0.4, -0.2) is 23.3 Å². The van der Waals surface area contributed by atoms with E-state index in [1.807, 2.05) is 13.8 Å². The largest absolute Gasteiger partial charge is 0.481 e. The number of nitrogens with zero attached hydrogens (tertiary/aromatic N) is 1. The summed E-state index contributed by atoms with van der Waals surface area (Å²) in [5.74, 6) is -1.15. The van der Waals surface area contributed by atoms with Crippen molar-refractivity contribution >= 4 is 11.7 Å². The molecule has 14 heavy (non-hydrogen) atoms. The summed E-state index contributed by atoms with van der Waals surface area (Å²) in [5, 5.41) is 8.87. The van der Waals surface area contributed by atoms with Crippen molar-refractivity contribution in [3.8, 4) is 0 Å². The first-order valence-corrected chi connectivity index (χ1v) is 5.37. The summed E-state index contributed by atoms with van der Waals surface area (Å²) in [6.45, 7) is 6.60. The van der Waals surface area contributed by atoms with Crippen LogP contribution < -0.4 is 0 Å². The van der Waals surface area contributed by atoms with Gasteiger partial charge in [0.2, 0.25) is 0 Å². The summed E-state index contributed by atoms with van der Waals surface area (Å²) in [4.78, 5) is 15.1. The number of unbranched alkanes of at least 4 members (excludes halogenated alkanes) is 2. The van der Waals surface area contributed by atoms with Crippen molar-refractivity contribution in [1.82, 2.24) is 0 Å². The molecule has 0 aromatic heterocycles. The Morgan fingerprint density at radius 1 is 1.36 bits per heavy atom. The lowest BCUT2D eigenvalue weighted by atomic mass is 10.0. The smallest absolute Gasteiger partial charge is 0.312 e. The summed E-state index contributed by atoms with van der Waals surface area (Å²) >= 11 is 0. The summed E-state index contributed by atoms with van der Waals surface area (Å²) in [6.07, 6.45) is 4.02. The second-order valence-electron chi connectivity index (χ2n) is 3.53. The van der Waals surface area contributed by atoms with E-state index in [0.29, 0.717) is 6.42 Å². The number of rotatable bonds is 7. The van der Waals surface area contributed by atoms with Crippen molar-refractivity contribution in [2.45, 2.75) is 46.5 Å². The number of aliphatic imine (C=N–C) groups is 1. The first-order valence-electron chi connectivity index (χ1n) is 5.37. The first kappa shape index (κ1) is 13.1. The molecule has 0 aliphatic carbocycles. The fourth-order valence-electron chi connectivity index (χ4n) is 1.38. The van der Waals surface area contributed by atoms with Crippen LogP contribution in [0.1, 0.15) is 46.5 Å². The molecule has 0 bridgehead atoms. The van der Waals surface area contributed by atoms with E-state index in [0.717, 1.165) is 18.7 Å². The van der Waals surface area contributed by atoms with Gasteiger partial charge in [-0.1, -0.05) is 26.7 Å². The molecule has 3 heteroatoms. The molecule has 0 heterocycles. The third kappa shape index (κ3) is 5.00. The van der Waals surface area contributed by atoms with Crippen molar-refractivity contribution in [1.29, 1.82) is 0 Å². The molecule has 0 spiro atoms. The Kier molecular flexibility index (Phi) is 7.07. The minimum Gasteiger partial charge on any atom is -0.481 e. The molecule has 0 aromatic carbocycles. The maximum absolute atomic E-state index is 10.8. The number of aliphatic carboxylic acids is 1. The van der Waals surface area contributed by atoms with Gasteiger partial charge in [-0.2, -0.15) is 0 Å². The molecule has 82 valence electrons. The van der Waals surface area contributed by atoms with Gasteiger partial charge in [0, 0.05) is 12.3 Å². The lowest BCUT2D eigenvalue weighted by Gasteiger charge is -2.08. The number of carboxylic acid groups (broad SMARTS) is 1. The molecule has 0 radical (unpaired) electrons.